The molecule has 0 bridgehead atoms. The van der Waals surface area contributed by atoms with E-state index in [4.69, 9.17) is 0 Å². The summed E-state index contributed by atoms with van der Waals surface area (Å²) in [6, 6.07) is 4.79. The summed E-state index contributed by atoms with van der Waals surface area (Å²) < 4.78 is 13.5. The Labute approximate surface area is 171 Å². The lowest BCUT2D eigenvalue weighted by Crippen LogP contribution is -2.35. The van der Waals surface area contributed by atoms with Crippen molar-refractivity contribution in [3.05, 3.63) is 40.9 Å². The van der Waals surface area contributed by atoms with Crippen LogP contribution in [-0.4, -0.2) is 47.0 Å². The van der Waals surface area contributed by atoms with Crippen molar-refractivity contribution >= 4 is 39.1 Å². The second-order valence-corrected chi connectivity index (χ2v) is 8.43. The molecular formula is C20H21FN6OS. The van der Waals surface area contributed by atoms with Crippen LogP contribution in [0.4, 0.5) is 15.9 Å². The Morgan fingerprint density at radius 3 is 3.03 bits per heavy atom. The fourth-order valence-corrected chi connectivity index (χ4v) is 4.84. The van der Waals surface area contributed by atoms with Gasteiger partial charge in [-0.1, -0.05) is 11.3 Å². The number of aromatic nitrogens is 3. The van der Waals surface area contributed by atoms with Crippen molar-refractivity contribution in [1.82, 2.24) is 25.6 Å². The summed E-state index contributed by atoms with van der Waals surface area (Å²) in [6.07, 6.45) is 4.38. The summed E-state index contributed by atoms with van der Waals surface area (Å²) in [4.78, 5) is 28.6. The first-order valence-electron chi connectivity index (χ1n) is 9.85. The minimum absolute atomic E-state index is 0.165. The minimum atomic E-state index is -0.236. The largest absolute Gasteiger partial charge is 0.350 e. The summed E-state index contributed by atoms with van der Waals surface area (Å²) in [6.45, 7) is 3.36. The lowest BCUT2D eigenvalue weighted by molar-refractivity contribution is 0.0944. The average molecular weight is 412 g/mol. The van der Waals surface area contributed by atoms with Crippen LogP contribution in [0.1, 0.15) is 28.2 Å². The van der Waals surface area contributed by atoms with E-state index in [1.165, 1.54) is 23.7 Å². The molecule has 0 atom stereocenters. The van der Waals surface area contributed by atoms with E-state index in [0.29, 0.717) is 40.2 Å². The molecule has 9 heteroatoms. The Hall–Kier alpha value is -2.65. The van der Waals surface area contributed by atoms with Crippen LogP contribution in [0.3, 0.4) is 0 Å². The predicted octanol–water partition coefficient (Wildman–Crippen LogP) is 2.65. The zero-order chi connectivity index (χ0) is 19.8. The van der Waals surface area contributed by atoms with Gasteiger partial charge >= 0.3 is 0 Å². The molecule has 1 aromatic carbocycles. The Balaban J connectivity index is 1.40. The molecule has 5 rings (SSSR count). The van der Waals surface area contributed by atoms with Crippen LogP contribution >= 0.6 is 11.3 Å². The van der Waals surface area contributed by atoms with E-state index in [0.717, 1.165) is 43.6 Å². The van der Waals surface area contributed by atoms with E-state index < -0.39 is 0 Å². The van der Waals surface area contributed by atoms with Crippen LogP contribution in [0, 0.1) is 11.7 Å². The third kappa shape index (κ3) is 3.56. The molecule has 2 N–H and O–H groups in total. The van der Waals surface area contributed by atoms with Crippen molar-refractivity contribution < 1.29 is 9.18 Å². The van der Waals surface area contributed by atoms with Crippen LogP contribution in [0.5, 0.6) is 0 Å². The monoisotopic (exact) mass is 412 g/mol. The molecule has 7 nitrogen and oxygen atoms in total. The molecule has 0 aliphatic carbocycles. The Morgan fingerprint density at radius 1 is 1.31 bits per heavy atom. The molecule has 1 fully saturated rings. The van der Waals surface area contributed by atoms with Crippen molar-refractivity contribution in [2.75, 3.05) is 31.1 Å². The van der Waals surface area contributed by atoms with Gasteiger partial charge in [0.25, 0.3) is 5.91 Å². The predicted molar refractivity (Wildman–Crippen MR) is 110 cm³/mol. The third-order valence-corrected chi connectivity index (χ3v) is 6.54. The maximum atomic E-state index is 13.5. The standard InChI is InChI=1S/C20H21FN6OS/c21-14-1-2-15-13(9-14)5-8-27(15)17-16-19(25-11-24-17)29-20(26-16)18(28)23-10-12-3-6-22-7-4-12/h1-2,9,11-12,22H,3-8,10H2,(H,23,28). The second-order valence-electron chi connectivity index (χ2n) is 7.45. The van der Waals surface area contributed by atoms with Gasteiger partial charge in [-0.3, -0.25) is 4.79 Å². The fourth-order valence-electron chi connectivity index (χ4n) is 4.03. The number of rotatable bonds is 4. The van der Waals surface area contributed by atoms with Gasteiger partial charge in [-0.05, 0) is 62.0 Å². The molecule has 2 aromatic heterocycles. The van der Waals surface area contributed by atoms with Gasteiger partial charge in [0, 0.05) is 18.8 Å². The van der Waals surface area contributed by atoms with Gasteiger partial charge in [0.15, 0.2) is 10.8 Å². The first kappa shape index (κ1) is 18.4. The number of hydrogen-bond donors (Lipinski definition) is 2. The molecule has 29 heavy (non-hydrogen) atoms. The van der Waals surface area contributed by atoms with E-state index in [9.17, 15) is 9.18 Å². The van der Waals surface area contributed by atoms with E-state index in [1.807, 2.05) is 4.90 Å². The Kier molecular flexibility index (Phi) is 4.84. The summed E-state index contributed by atoms with van der Waals surface area (Å²) >= 11 is 1.28. The van der Waals surface area contributed by atoms with Gasteiger partial charge in [0.1, 0.15) is 22.5 Å². The van der Waals surface area contributed by atoms with Crippen molar-refractivity contribution in [2.24, 2.45) is 5.92 Å². The molecule has 2 aliphatic heterocycles. The average Bonchev–Trinajstić information content (AvgIpc) is 3.36. The van der Waals surface area contributed by atoms with Crippen LogP contribution in [0.2, 0.25) is 0 Å². The normalized spacial score (nSPS) is 16.9. The molecule has 1 amide bonds. The zero-order valence-electron chi connectivity index (χ0n) is 15.8. The highest BCUT2D eigenvalue weighted by Crippen LogP contribution is 2.37. The van der Waals surface area contributed by atoms with Crippen LogP contribution < -0.4 is 15.5 Å². The van der Waals surface area contributed by atoms with Crippen LogP contribution in [-0.2, 0) is 6.42 Å². The highest BCUT2D eigenvalue weighted by molar-refractivity contribution is 7.19. The van der Waals surface area contributed by atoms with E-state index in [2.05, 4.69) is 25.6 Å². The van der Waals surface area contributed by atoms with Crippen LogP contribution in [0.25, 0.3) is 10.3 Å². The molecule has 150 valence electrons. The highest BCUT2D eigenvalue weighted by atomic mass is 32.1. The zero-order valence-corrected chi connectivity index (χ0v) is 16.6. The number of halogens is 1. The molecule has 4 heterocycles. The number of carbonyl (C=O) groups excluding carboxylic acids is 1. The van der Waals surface area contributed by atoms with Gasteiger partial charge in [0.05, 0.1) is 0 Å². The minimum Gasteiger partial charge on any atom is -0.350 e. The number of amides is 1. The highest BCUT2D eigenvalue weighted by Gasteiger charge is 2.26. The number of carbonyl (C=O) groups is 1. The Bertz CT molecular complexity index is 1060. The van der Waals surface area contributed by atoms with E-state index in [1.54, 1.807) is 12.1 Å². The number of hydrogen-bond acceptors (Lipinski definition) is 7. The smallest absolute Gasteiger partial charge is 0.280 e. The summed E-state index contributed by atoms with van der Waals surface area (Å²) in [5.41, 5.74) is 2.49. The molecule has 0 radical (unpaired) electrons. The summed E-state index contributed by atoms with van der Waals surface area (Å²) in [5.74, 6) is 0.765. The van der Waals surface area contributed by atoms with Gasteiger partial charge in [-0.25, -0.2) is 19.3 Å². The van der Waals surface area contributed by atoms with Crippen LogP contribution in [0.15, 0.2) is 24.5 Å². The molecular weight excluding hydrogens is 391 g/mol. The van der Waals surface area contributed by atoms with Crippen molar-refractivity contribution in [2.45, 2.75) is 19.3 Å². The number of benzene rings is 1. The van der Waals surface area contributed by atoms with Crippen molar-refractivity contribution in [3.63, 3.8) is 0 Å². The molecule has 3 aromatic rings. The second kappa shape index (κ2) is 7.64. The maximum absolute atomic E-state index is 13.5. The maximum Gasteiger partial charge on any atom is 0.280 e. The van der Waals surface area contributed by atoms with Crippen molar-refractivity contribution in [3.8, 4) is 0 Å². The first-order valence-corrected chi connectivity index (χ1v) is 10.7. The van der Waals surface area contributed by atoms with Gasteiger partial charge < -0.3 is 15.5 Å². The quantitative estimate of drug-likeness (QED) is 0.686. The topological polar surface area (TPSA) is 83.0 Å². The number of thiazole rings is 1. The first-order chi connectivity index (χ1) is 14.2. The molecule has 0 spiro atoms. The molecule has 1 saturated heterocycles. The number of nitrogens with one attached hydrogen (secondary N) is 2. The fraction of sp³-hybridized carbons (Fsp3) is 0.400. The Morgan fingerprint density at radius 2 is 2.17 bits per heavy atom. The lowest BCUT2D eigenvalue weighted by atomic mass is 9.98. The molecule has 2 aliphatic rings. The van der Waals surface area contributed by atoms with E-state index in [-0.39, 0.29) is 11.7 Å². The van der Waals surface area contributed by atoms with E-state index >= 15 is 0 Å². The number of anilines is 2. The van der Waals surface area contributed by atoms with Gasteiger partial charge in [0.2, 0.25) is 0 Å². The molecule has 0 unspecified atom stereocenters. The summed E-state index contributed by atoms with van der Waals surface area (Å²) in [7, 11) is 0. The number of fused-ring (bicyclic) bond motifs is 2. The van der Waals surface area contributed by atoms with Crippen molar-refractivity contribution in [1.29, 1.82) is 0 Å². The SMILES string of the molecule is O=C(NCC1CCNCC1)c1nc2c(N3CCc4cc(F)ccc43)ncnc2s1. The van der Waals surface area contributed by atoms with Gasteiger partial charge in [-0.2, -0.15) is 0 Å². The third-order valence-electron chi connectivity index (χ3n) is 5.57. The summed E-state index contributed by atoms with van der Waals surface area (Å²) in [5, 5.41) is 6.75. The number of nitrogens with zero attached hydrogens (tertiary/aromatic N) is 4. The lowest BCUT2D eigenvalue weighted by Gasteiger charge is -2.22. The number of piperidine rings is 1. The van der Waals surface area contributed by atoms with Gasteiger partial charge in [-0.15, -0.1) is 0 Å². The molecule has 0 saturated carbocycles.